The zero-order chi connectivity index (χ0) is 37.2. The van der Waals surface area contributed by atoms with Gasteiger partial charge in [-0.2, -0.15) is 0 Å². The van der Waals surface area contributed by atoms with Gasteiger partial charge in [0.05, 0.1) is 39.9 Å². The number of aliphatic hydroxyl groups is 1. The summed E-state index contributed by atoms with van der Waals surface area (Å²) in [6.45, 7) is 4.82. The predicted molar refractivity (Wildman–Crippen MR) is 212 cm³/mol. The molecule has 0 aromatic heterocycles. The fourth-order valence-corrected chi connectivity index (χ4v) is 6.60. The molecule has 0 aliphatic carbocycles. The summed E-state index contributed by atoms with van der Waals surface area (Å²) in [5, 5.41) is 13.9. The summed E-state index contributed by atoms with van der Waals surface area (Å²) in [5.74, 6) is -0.212. The number of phosphoric ester groups is 1. The van der Waals surface area contributed by atoms with E-state index in [2.05, 4.69) is 37.4 Å². The molecule has 0 aromatic carbocycles. The second-order valence-electron chi connectivity index (χ2n) is 15.4. The van der Waals surface area contributed by atoms with Gasteiger partial charge in [0.25, 0.3) is 0 Å². The second-order valence-corrected chi connectivity index (χ2v) is 16.8. The summed E-state index contributed by atoms with van der Waals surface area (Å²) >= 11 is 0. The van der Waals surface area contributed by atoms with Crippen molar-refractivity contribution in [1.29, 1.82) is 0 Å². The number of aliphatic hydroxyl groups excluding tert-OH is 1. The second kappa shape index (κ2) is 33.8. The van der Waals surface area contributed by atoms with E-state index >= 15 is 0 Å². The van der Waals surface area contributed by atoms with Gasteiger partial charge < -0.3 is 19.8 Å². The van der Waals surface area contributed by atoms with Gasteiger partial charge in [-0.3, -0.25) is 13.8 Å². The molecular weight excluding hydrogens is 647 g/mol. The number of unbranched alkanes of at least 4 members (excludes halogenated alkanes) is 20. The van der Waals surface area contributed by atoms with E-state index < -0.39 is 20.0 Å². The van der Waals surface area contributed by atoms with Gasteiger partial charge in [-0.15, -0.1) is 0 Å². The molecule has 0 radical (unpaired) electrons. The number of hydrogen-bond acceptors (Lipinski definition) is 5. The fourth-order valence-electron chi connectivity index (χ4n) is 5.86. The van der Waals surface area contributed by atoms with Crippen LogP contribution in [0.5, 0.6) is 0 Å². The van der Waals surface area contributed by atoms with E-state index in [-0.39, 0.29) is 25.5 Å². The van der Waals surface area contributed by atoms with Crippen LogP contribution in [0.3, 0.4) is 0 Å². The van der Waals surface area contributed by atoms with Crippen LogP contribution in [0.4, 0.5) is 0 Å². The molecule has 0 fully saturated rings. The average molecular weight is 730 g/mol. The molecule has 0 saturated heterocycles. The number of hydrogen-bond donors (Lipinski definition) is 3. The molecule has 0 saturated carbocycles. The van der Waals surface area contributed by atoms with Crippen molar-refractivity contribution in [2.75, 3.05) is 40.9 Å². The summed E-state index contributed by atoms with van der Waals surface area (Å²) in [7, 11) is 1.58. The van der Waals surface area contributed by atoms with Crippen molar-refractivity contribution in [2.24, 2.45) is 0 Å². The summed E-state index contributed by atoms with van der Waals surface area (Å²) in [5.41, 5.74) is 0. The Morgan fingerprint density at radius 1 is 0.680 bits per heavy atom. The van der Waals surface area contributed by atoms with Crippen LogP contribution >= 0.6 is 7.82 Å². The van der Waals surface area contributed by atoms with Crippen molar-refractivity contribution in [2.45, 2.75) is 193 Å². The number of nitrogens with one attached hydrogen (secondary N) is 1. The topological polar surface area (TPSA) is 105 Å². The lowest BCUT2D eigenvalue weighted by Gasteiger charge is -2.26. The maximum absolute atomic E-state index is 12.8. The SMILES string of the molecule is CCCCCCCC/C=C\C/C=C\CCC(=O)NC(COP(=O)(O)OCC[N+](C)(C)C)C(O)CCCCCCCCCCCCCCCCC. The molecule has 0 rings (SSSR count). The molecule has 0 aromatic rings. The van der Waals surface area contributed by atoms with Crippen molar-refractivity contribution < 1.29 is 32.9 Å². The number of carbonyl (C=O) groups is 1. The Hall–Kier alpha value is -1.02. The number of carbonyl (C=O) groups excluding carboxylic acids is 1. The molecule has 8 nitrogen and oxygen atoms in total. The van der Waals surface area contributed by atoms with Crippen molar-refractivity contribution in [3.8, 4) is 0 Å². The fraction of sp³-hybridized carbons (Fsp3) is 0.878. The first kappa shape index (κ1) is 49.0. The Morgan fingerprint density at radius 3 is 1.64 bits per heavy atom. The van der Waals surface area contributed by atoms with Crippen LogP contribution in [-0.2, 0) is 18.4 Å². The quantitative estimate of drug-likeness (QED) is 0.0254. The lowest BCUT2D eigenvalue weighted by molar-refractivity contribution is -0.870. The third-order valence-electron chi connectivity index (χ3n) is 9.22. The molecule has 0 spiro atoms. The molecule has 296 valence electrons. The molecule has 3 unspecified atom stereocenters. The van der Waals surface area contributed by atoms with Gasteiger partial charge in [0, 0.05) is 6.42 Å². The van der Waals surface area contributed by atoms with Gasteiger partial charge in [-0.25, -0.2) is 4.57 Å². The van der Waals surface area contributed by atoms with E-state index in [0.717, 1.165) is 32.1 Å². The third-order valence-corrected chi connectivity index (χ3v) is 10.2. The number of amides is 1. The van der Waals surface area contributed by atoms with Crippen molar-refractivity contribution >= 4 is 13.7 Å². The maximum Gasteiger partial charge on any atom is 0.472 e. The minimum absolute atomic E-state index is 0.0660. The molecule has 0 heterocycles. The van der Waals surface area contributed by atoms with Crippen molar-refractivity contribution in [1.82, 2.24) is 5.32 Å². The molecule has 3 atom stereocenters. The standard InChI is InChI=1S/C41H81N2O6P/c1-6-8-10-12-14-16-18-20-21-23-24-26-28-30-32-34-40(44)39(38-49-50(46,47)48-37-36-43(3,4)5)42-41(45)35-33-31-29-27-25-22-19-17-15-13-11-9-7-2/h22,25,29,31,39-40,44H,6-21,23-24,26-28,30,32-38H2,1-5H3,(H-,42,45,46,47)/p+1/b25-22-,31-29-. The molecule has 0 aliphatic heterocycles. The van der Waals surface area contributed by atoms with Crippen molar-refractivity contribution in [3.05, 3.63) is 24.3 Å². The largest absolute Gasteiger partial charge is 0.472 e. The third kappa shape index (κ3) is 35.4. The predicted octanol–water partition coefficient (Wildman–Crippen LogP) is 11.0. The van der Waals surface area contributed by atoms with Crippen LogP contribution < -0.4 is 5.32 Å². The molecule has 3 N–H and O–H groups in total. The van der Waals surface area contributed by atoms with Crippen LogP contribution in [0.1, 0.15) is 181 Å². The number of quaternary nitrogens is 1. The highest BCUT2D eigenvalue weighted by atomic mass is 31.2. The first-order valence-electron chi connectivity index (χ1n) is 20.7. The van der Waals surface area contributed by atoms with Crippen LogP contribution in [0, 0.1) is 0 Å². The monoisotopic (exact) mass is 730 g/mol. The summed E-state index contributed by atoms with van der Waals surface area (Å²) in [6.07, 6.45) is 37.8. The first-order valence-corrected chi connectivity index (χ1v) is 22.2. The average Bonchev–Trinajstić information content (AvgIpc) is 3.06. The summed E-state index contributed by atoms with van der Waals surface area (Å²) in [6, 6.07) is -0.787. The van der Waals surface area contributed by atoms with Crippen LogP contribution in [0.15, 0.2) is 24.3 Å². The van der Waals surface area contributed by atoms with Crippen molar-refractivity contribution in [3.63, 3.8) is 0 Å². The summed E-state index contributed by atoms with van der Waals surface area (Å²) < 4.78 is 23.5. The summed E-state index contributed by atoms with van der Waals surface area (Å²) in [4.78, 5) is 23.0. The number of allylic oxidation sites excluding steroid dienone is 4. The number of phosphoric acid groups is 1. The normalized spacial score (nSPS) is 14.8. The maximum atomic E-state index is 12.8. The Balaban J connectivity index is 4.49. The Bertz CT molecular complexity index is 876. The zero-order valence-electron chi connectivity index (χ0n) is 33.4. The van der Waals surface area contributed by atoms with Crippen LogP contribution in [0.2, 0.25) is 0 Å². The van der Waals surface area contributed by atoms with Crippen LogP contribution in [0.25, 0.3) is 0 Å². The van der Waals surface area contributed by atoms with E-state index in [0.29, 0.717) is 23.9 Å². The Morgan fingerprint density at radius 2 is 1.14 bits per heavy atom. The van der Waals surface area contributed by atoms with Gasteiger partial charge in [0.1, 0.15) is 13.2 Å². The number of likely N-dealkylation sites (N-methyl/N-ethyl adjacent to an activating group) is 1. The molecule has 9 heteroatoms. The minimum atomic E-state index is -4.32. The first-order chi connectivity index (χ1) is 24.0. The van der Waals surface area contributed by atoms with Gasteiger partial charge in [0.15, 0.2) is 0 Å². The van der Waals surface area contributed by atoms with Gasteiger partial charge in [-0.05, 0) is 32.1 Å². The van der Waals surface area contributed by atoms with E-state index in [1.165, 1.54) is 116 Å². The Kier molecular flexibility index (Phi) is 33.1. The highest BCUT2D eigenvalue weighted by molar-refractivity contribution is 7.47. The highest BCUT2D eigenvalue weighted by Gasteiger charge is 2.28. The van der Waals surface area contributed by atoms with E-state index in [1.807, 2.05) is 27.2 Å². The van der Waals surface area contributed by atoms with Gasteiger partial charge in [-0.1, -0.05) is 167 Å². The molecule has 50 heavy (non-hydrogen) atoms. The van der Waals surface area contributed by atoms with E-state index in [1.54, 1.807) is 0 Å². The zero-order valence-corrected chi connectivity index (χ0v) is 34.3. The molecule has 0 bridgehead atoms. The minimum Gasteiger partial charge on any atom is -0.391 e. The molecule has 0 aliphatic rings. The number of rotatable bonds is 37. The smallest absolute Gasteiger partial charge is 0.391 e. The molecule has 1 amide bonds. The van der Waals surface area contributed by atoms with Gasteiger partial charge >= 0.3 is 7.82 Å². The van der Waals surface area contributed by atoms with Crippen LogP contribution in [-0.4, -0.2) is 73.4 Å². The highest BCUT2D eigenvalue weighted by Crippen LogP contribution is 2.43. The van der Waals surface area contributed by atoms with Gasteiger partial charge in [0.2, 0.25) is 5.91 Å². The lowest BCUT2D eigenvalue weighted by atomic mass is 10.0. The lowest BCUT2D eigenvalue weighted by Crippen LogP contribution is -2.46. The molecular formula is C41H82N2O6P+. The number of nitrogens with zero attached hydrogens (tertiary/aromatic N) is 1. The van der Waals surface area contributed by atoms with E-state index in [9.17, 15) is 19.4 Å². The van der Waals surface area contributed by atoms with E-state index in [4.69, 9.17) is 9.05 Å². The Labute approximate surface area is 309 Å².